The van der Waals surface area contributed by atoms with Crippen LogP contribution in [0.4, 0.5) is 10.2 Å². The van der Waals surface area contributed by atoms with Crippen LogP contribution in [0.3, 0.4) is 0 Å². The molecular formula is C21H20FN3O2S. The van der Waals surface area contributed by atoms with Gasteiger partial charge in [-0.15, -0.1) is 0 Å². The van der Waals surface area contributed by atoms with Crippen LogP contribution in [0.5, 0.6) is 0 Å². The van der Waals surface area contributed by atoms with Crippen molar-refractivity contribution in [2.45, 2.75) is 30.8 Å². The number of anilines is 1. The first kappa shape index (κ1) is 18.6. The fourth-order valence-corrected chi connectivity index (χ4v) is 4.75. The highest BCUT2D eigenvalue weighted by Crippen LogP contribution is 2.32. The highest BCUT2D eigenvalue weighted by Gasteiger charge is 2.29. The summed E-state index contributed by atoms with van der Waals surface area (Å²) < 4.78 is 26.9. The lowest BCUT2D eigenvalue weighted by molar-refractivity contribution is -0.117. The van der Waals surface area contributed by atoms with Crippen molar-refractivity contribution in [1.82, 2.24) is 9.78 Å². The van der Waals surface area contributed by atoms with Gasteiger partial charge in [-0.1, -0.05) is 37.3 Å². The van der Waals surface area contributed by atoms with E-state index in [1.807, 2.05) is 37.3 Å². The van der Waals surface area contributed by atoms with E-state index < -0.39 is 10.8 Å². The van der Waals surface area contributed by atoms with Gasteiger partial charge in [-0.25, -0.2) is 9.07 Å². The molecule has 2 heterocycles. The zero-order chi connectivity index (χ0) is 19.7. The molecule has 28 heavy (non-hydrogen) atoms. The second kappa shape index (κ2) is 7.67. The predicted octanol–water partition coefficient (Wildman–Crippen LogP) is 3.91. The van der Waals surface area contributed by atoms with Crippen LogP contribution >= 0.6 is 0 Å². The number of aromatic nitrogens is 2. The van der Waals surface area contributed by atoms with Crippen LogP contribution in [-0.2, 0) is 27.1 Å². The molecule has 7 heteroatoms. The average Bonchev–Trinajstić information content (AvgIpc) is 3.21. The Balaban J connectivity index is 1.71. The Kier molecular flexibility index (Phi) is 5.09. The second-order valence-corrected chi connectivity index (χ2v) is 8.21. The van der Waals surface area contributed by atoms with E-state index in [0.29, 0.717) is 35.1 Å². The van der Waals surface area contributed by atoms with Gasteiger partial charge >= 0.3 is 0 Å². The number of benzene rings is 2. The summed E-state index contributed by atoms with van der Waals surface area (Å²) in [5, 5.41) is 7.55. The van der Waals surface area contributed by atoms with Crippen LogP contribution < -0.4 is 5.32 Å². The van der Waals surface area contributed by atoms with E-state index in [2.05, 4.69) is 10.4 Å². The average molecular weight is 397 g/mol. The molecule has 0 spiro atoms. The van der Waals surface area contributed by atoms with E-state index >= 15 is 0 Å². The molecule has 1 aromatic heterocycles. The molecule has 0 saturated carbocycles. The summed E-state index contributed by atoms with van der Waals surface area (Å²) in [4.78, 5) is 13.1. The standard InChI is InChI=1S/C21H20FN3O2S/c1-2-17(14-6-4-3-5-7-14)21(26)23-20-18-12-28(27)13-19(18)24-25(20)16-10-8-15(22)9-11-16/h3-11,17H,2,12-13H2,1H3,(H,23,26)/t17-,28+/m0/s1. The van der Waals surface area contributed by atoms with E-state index in [4.69, 9.17) is 0 Å². The highest BCUT2D eigenvalue weighted by atomic mass is 32.2. The van der Waals surface area contributed by atoms with Gasteiger partial charge in [-0.05, 0) is 36.2 Å². The lowest BCUT2D eigenvalue weighted by atomic mass is 9.95. The zero-order valence-corrected chi connectivity index (χ0v) is 16.2. The van der Waals surface area contributed by atoms with Gasteiger partial charge in [0.1, 0.15) is 11.6 Å². The first-order valence-electron chi connectivity index (χ1n) is 9.14. The lowest BCUT2D eigenvalue weighted by Gasteiger charge is -2.17. The van der Waals surface area contributed by atoms with Crippen molar-refractivity contribution < 1.29 is 13.4 Å². The Labute approximate surface area is 165 Å². The summed E-state index contributed by atoms with van der Waals surface area (Å²) in [6.07, 6.45) is 0.647. The largest absolute Gasteiger partial charge is 0.310 e. The minimum Gasteiger partial charge on any atom is -0.310 e. The van der Waals surface area contributed by atoms with Crippen LogP contribution in [0.1, 0.15) is 36.1 Å². The van der Waals surface area contributed by atoms with Crippen LogP contribution in [0, 0.1) is 5.82 Å². The summed E-state index contributed by atoms with van der Waals surface area (Å²) in [5.74, 6) is 0.450. The second-order valence-electron chi connectivity index (χ2n) is 6.75. The number of carbonyl (C=O) groups is 1. The molecule has 0 fully saturated rings. The quantitative estimate of drug-likeness (QED) is 0.710. The Morgan fingerprint density at radius 2 is 1.89 bits per heavy atom. The van der Waals surface area contributed by atoms with Crippen molar-refractivity contribution in [3.63, 3.8) is 0 Å². The van der Waals surface area contributed by atoms with Crippen molar-refractivity contribution in [1.29, 1.82) is 0 Å². The van der Waals surface area contributed by atoms with E-state index in [0.717, 1.165) is 11.1 Å². The monoisotopic (exact) mass is 397 g/mol. The van der Waals surface area contributed by atoms with Crippen LogP contribution in [0.25, 0.3) is 5.69 Å². The smallest absolute Gasteiger partial charge is 0.233 e. The third kappa shape index (κ3) is 3.49. The Morgan fingerprint density at radius 3 is 2.57 bits per heavy atom. The Hall–Kier alpha value is -2.80. The van der Waals surface area contributed by atoms with Crippen molar-refractivity contribution in [2.24, 2.45) is 0 Å². The molecule has 0 aliphatic carbocycles. The predicted molar refractivity (Wildman–Crippen MR) is 107 cm³/mol. The maximum absolute atomic E-state index is 13.3. The van der Waals surface area contributed by atoms with E-state index in [1.54, 1.807) is 16.8 Å². The Bertz CT molecular complexity index is 1030. The molecular weight excluding hydrogens is 377 g/mol. The van der Waals surface area contributed by atoms with Crippen molar-refractivity contribution in [2.75, 3.05) is 5.32 Å². The molecule has 0 radical (unpaired) electrons. The summed E-state index contributed by atoms with van der Waals surface area (Å²) in [6, 6.07) is 15.5. The van der Waals surface area contributed by atoms with E-state index in [9.17, 15) is 13.4 Å². The van der Waals surface area contributed by atoms with Crippen molar-refractivity contribution >= 4 is 22.5 Å². The third-order valence-corrected chi connectivity index (χ3v) is 6.12. The number of nitrogens with zero attached hydrogens (tertiary/aromatic N) is 2. The molecule has 0 bridgehead atoms. The van der Waals surface area contributed by atoms with Crippen molar-refractivity contribution in [3.05, 3.63) is 77.2 Å². The molecule has 5 nitrogen and oxygen atoms in total. The van der Waals surface area contributed by atoms with Gasteiger partial charge in [0.05, 0.1) is 28.8 Å². The van der Waals surface area contributed by atoms with E-state index in [1.165, 1.54) is 12.1 Å². The Morgan fingerprint density at radius 1 is 1.18 bits per heavy atom. The van der Waals surface area contributed by atoms with Gasteiger partial charge in [0, 0.05) is 16.4 Å². The fraction of sp³-hybridized carbons (Fsp3) is 0.238. The van der Waals surface area contributed by atoms with Gasteiger partial charge in [0.15, 0.2) is 0 Å². The van der Waals surface area contributed by atoms with Gasteiger partial charge in [0.2, 0.25) is 5.91 Å². The minimum absolute atomic E-state index is 0.141. The number of rotatable bonds is 5. The number of halogens is 1. The maximum atomic E-state index is 13.3. The molecule has 1 N–H and O–H groups in total. The lowest BCUT2D eigenvalue weighted by Crippen LogP contribution is -2.23. The topological polar surface area (TPSA) is 64.0 Å². The molecule has 144 valence electrons. The summed E-state index contributed by atoms with van der Waals surface area (Å²) in [7, 11) is -1.02. The number of carbonyl (C=O) groups excluding carboxylic acids is 1. The number of hydrogen-bond acceptors (Lipinski definition) is 3. The number of amides is 1. The molecule has 1 aliphatic rings. The molecule has 0 saturated heterocycles. The van der Waals surface area contributed by atoms with Crippen LogP contribution in [0.15, 0.2) is 54.6 Å². The summed E-state index contributed by atoms with van der Waals surface area (Å²) in [5.41, 5.74) is 3.09. The van der Waals surface area contributed by atoms with Gasteiger partial charge in [0.25, 0.3) is 0 Å². The van der Waals surface area contributed by atoms with Crippen LogP contribution in [0.2, 0.25) is 0 Å². The molecule has 3 aromatic rings. The first-order valence-corrected chi connectivity index (χ1v) is 10.6. The normalized spacial score (nSPS) is 16.6. The summed E-state index contributed by atoms with van der Waals surface area (Å²) >= 11 is 0. The van der Waals surface area contributed by atoms with Crippen LogP contribution in [-0.4, -0.2) is 19.9 Å². The van der Waals surface area contributed by atoms with Gasteiger partial charge in [-0.2, -0.15) is 5.10 Å². The zero-order valence-electron chi connectivity index (χ0n) is 15.4. The number of hydrogen-bond donors (Lipinski definition) is 1. The molecule has 1 aliphatic heterocycles. The third-order valence-electron chi connectivity index (χ3n) is 4.91. The van der Waals surface area contributed by atoms with Gasteiger partial charge in [-0.3, -0.25) is 9.00 Å². The van der Waals surface area contributed by atoms with Crippen molar-refractivity contribution in [3.8, 4) is 5.69 Å². The van der Waals surface area contributed by atoms with E-state index in [-0.39, 0.29) is 17.6 Å². The molecule has 1 amide bonds. The maximum Gasteiger partial charge on any atom is 0.233 e. The minimum atomic E-state index is -1.02. The van der Waals surface area contributed by atoms with Gasteiger partial charge < -0.3 is 5.32 Å². The molecule has 2 atom stereocenters. The molecule has 0 unspecified atom stereocenters. The number of nitrogens with one attached hydrogen (secondary N) is 1. The first-order chi connectivity index (χ1) is 13.6. The highest BCUT2D eigenvalue weighted by molar-refractivity contribution is 7.83. The molecule has 4 rings (SSSR count). The number of fused-ring (bicyclic) bond motifs is 1. The fourth-order valence-electron chi connectivity index (χ4n) is 3.49. The SMILES string of the molecule is CC[C@H](C(=O)Nc1c2c(nn1-c1ccc(F)cc1)C[S@](=O)C2)c1ccccc1. The molecule has 2 aromatic carbocycles. The summed E-state index contributed by atoms with van der Waals surface area (Å²) in [6.45, 7) is 1.97.